The van der Waals surface area contributed by atoms with Gasteiger partial charge in [-0.05, 0) is 49.2 Å². The minimum absolute atomic E-state index is 0.0329. The number of nitrogens with one attached hydrogen (secondary N) is 2. The first-order valence-corrected chi connectivity index (χ1v) is 11.9. The highest BCUT2D eigenvalue weighted by Crippen LogP contribution is 2.24. The molecule has 3 aromatic carbocycles. The lowest BCUT2D eigenvalue weighted by molar-refractivity contribution is -0.123. The second-order valence-corrected chi connectivity index (χ2v) is 9.44. The van der Waals surface area contributed by atoms with Crippen LogP contribution in [0.2, 0.25) is 5.02 Å². The molecule has 3 aromatic rings. The van der Waals surface area contributed by atoms with E-state index < -0.39 is 28.0 Å². The summed E-state index contributed by atoms with van der Waals surface area (Å²) in [6.07, 6.45) is 0.193. The first-order valence-electron chi connectivity index (χ1n) is 10.1. The zero-order valence-corrected chi connectivity index (χ0v) is 19.4. The standard InChI is InChI=1S/C24H25ClN2O4S/c1-17(21-10-6-7-11-23(21)31-2)26-24(28)22(16-18-8-4-3-5-9-18)27-32(29,30)20-14-12-19(25)13-15-20/h3-15,17,22,27H,16H2,1-2H3,(H,26,28)/t17-,22+/m1/s1. The third-order valence-electron chi connectivity index (χ3n) is 4.98. The Kier molecular flexibility index (Phi) is 7.90. The molecule has 1 amide bonds. The van der Waals surface area contributed by atoms with Gasteiger partial charge >= 0.3 is 0 Å². The van der Waals surface area contributed by atoms with Crippen molar-refractivity contribution in [2.24, 2.45) is 0 Å². The summed E-state index contributed by atoms with van der Waals surface area (Å²) in [5.41, 5.74) is 1.62. The molecule has 0 saturated heterocycles. The first kappa shape index (κ1) is 23.8. The van der Waals surface area contributed by atoms with Crippen LogP contribution in [0.15, 0.2) is 83.8 Å². The second kappa shape index (κ2) is 10.6. The number of ether oxygens (including phenoxy) is 1. The van der Waals surface area contributed by atoms with E-state index in [1.165, 1.54) is 24.3 Å². The summed E-state index contributed by atoms with van der Waals surface area (Å²) < 4.78 is 33.8. The molecule has 168 valence electrons. The predicted molar refractivity (Wildman–Crippen MR) is 125 cm³/mol. The van der Waals surface area contributed by atoms with E-state index >= 15 is 0 Å². The highest BCUT2D eigenvalue weighted by atomic mass is 35.5. The van der Waals surface area contributed by atoms with Crippen molar-refractivity contribution in [3.63, 3.8) is 0 Å². The number of hydrogen-bond donors (Lipinski definition) is 2. The topological polar surface area (TPSA) is 84.5 Å². The molecule has 6 nitrogen and oxygen atoms in total. The van der Waals surface area contributed by atoms with Gasteiger partial charge in [-0.3, -0.25) is 4.79 Å². The molecule has 0 aliphatic heterocycles. The van der Waals surface area contributed by atoms with Crippen LogP contribution in [0.1, 0.15) is 24.1 Å². The molecule has 2 atom stereocenters. The Labute approximate surface area is 193 Å². The Bertz CT molecular complexity index is 1150. The Morgan fingerprint density at radius 2 is 1.59 bits per heavy atom. The van der Waals surface area contributed by atoms with Crippen LogP contribution in [0.4, 0.5) is 0 Å². The van der Waals surface area contributed by atoms with Gasteiger partial charge < -0.3 is 10.1 Å². The lowest BCUT2D eigenvalue weighted by Crippen LogP contribution is -2.48. The van der Waals surface area contributed by atoms with Crippen LogP contribution in [0.5, 0.6) is 5.75 Å². The fourth-order valence-electron chi connectivity index (χ4n) is 3.32. The number of rotatable bonds is 9. The fraction of sp³-hybridized carbons (Fsp3) is 0.208. The quantitative estimate of drug-likeness (QED) is 0.490. The van der Waals surface area contributed by atoms with Gasteiger partial charge in [0.25, 0.3) is 0 Å². The highest BCUT2D eigenvalue weighted by molar-refractivity contribution is 7.89. The Morgan fingerprint density at radius 1 is 0.969 bits per heavy atom. The lowest BCUT2D eigenvalue weighted by Gasteiger charge is -2.23. The van der Waals surface area contributed by atoms with E-state index in [2.05, 4.69) is 10.0 Å². The van der Waals surface area contributed by atoms with Gasteiger partial charge in [0.2, 0.25) is 15.9 Å². The summed E-state index contributed by atoms with van der Waals surface area (Å²) in [7, 11) is -2.39. The maximum Gasteiger partial charge on any atom is 0.241 e. The van der Waals surface area contributed by atoms with Crippen molar-refractivity contribution in [2.45, 2.75) is 30.3 Å². The van der Waals surface area contributed by atoms with E-state index in [0.29, 0.717) is 10.8 Å². The number of carbonyl (C=O) groups excluding carboxylic acids is 1. The number of para-hydroxylation sites is 1. The van der Waals surface area contributed by atoms with Crippen LogP contribution in [-0.4, -0.2) is 27.5 Å². The van der Waals surface area contributed by atoms with Gasteiger partial charge in [0, 0.05) is 10.6 Å². The number of methoxy groups -OCH3 is 1. The van der Waals surface area contributed by atoms with Gasteiger partial charge in [-0.15, -0.1) is 0 Å². The van der Waals surface area contributed by atoms with E-state index in [0.717, 1.165) is 11.1 Å². The molecule has 0 aliphatic carbocycles. The Morgan fingerprint density at radius 3 is 2.25 bits per heavy atom. The van der Waals surface area contributed by atoms with Crippen molar-refractivity contribution in [1.29, 1.82) is 0 Å². The van der Waals surface area contributed by atoms with Crippen LogP contribution in [0.25, 0.3) is 0 Å². The van der Waals surface area contributed by atoms with Crippen LogP contribution in [0.3, 0.4) is 0 Å². The number of sulfonamides is 1. The van der Waals surface area contributed by atoms with Crippen LogP contribution < -0.4 is 14.8 Å². The molecule has 8 heteroatoms. The molecular formula is C24H25ClN2O4S. The van der Waals surface area contributed by atoms with Crippen molar-refractivity contribution in [2.75, 3.05) is 7.11 Å². The van der Waals surface area contributed by atoms with E-state index in [1.807, 2.05) is 61.5 Å². The Hall–Kier alpha value is -2.87. The Balaban J connectivity index is 1.85. The maximum atomic E-state index is 13.2. The first-order chi connectivity index (χ1) is 15.3. The van der Waals surface area contributed by atoms with E-state index in [9.17, 15) is 13.2 Å². The predicted octanol–water partition coefficient (Wildman–Crippen LogP) is 4.12. The minimum atomic E-state index is -3.95. The van der Waals surface area contributed by atoms with Crippen molar-refractivity contribution in [3.8, 4) is 5.75 Å². The number of amides is 1. The molecule has 0 spiro atoms. The zero-order valence-electron chi connectivity index (χ0n) is 17.8. The second-order valence-electron chi connectivity index (χ2n) is 7.29. The fourth-order valence-corrected chi connectivity index (χ4v) is 4.64. The van der Waals surface area contributed by atoms with Gasteiger partial charge in [0.15, 0.2) is 0 Å². The van der Waals surface area contributed by atoms with Crippen molar-refractivity contribution < 1.29 is 17.9 Å². The van der Waals surface area contributed by atoms with Gasteiger partial charge in [-0.1, -0.05) is 60.1 Å². The molecule has 32 heavy (non-hydrogen) atoms. The van der Waals surface area contributed by atoms with Gasteiger partial charge in [-0.25, -0.2) is 8.42 Å². The molecule has 0 aliphatic rings. The molecule has 0 heterocycles. The average Bonchev–Trinajstić information content (AvgIpc) is 2.79. The molecule has 0 unspecified atom stereocenters. The van der Waals surface area contributed by atoms with Crippen molar-refractivity contribution >= 4 is 27.5 Å². The number of benzene rings is 3. The van der Waals surface area contributed by atoms with Crippen LogP contribution in [-0.2, 0) is 21.2 Å². The number of halogens is 1. The molecule has 0 fully saturated rings. The van der Waals surface area contributed by atoms with E-state index in [4.69, 9.17) is 16.3 Å². The molecule has 2 N–H and O–H groups in total. The smallest absolute Gasteiger partial charge is 0.241 e. The lowest BCUT2D eigenvalue weighted by atomic mass is 10.0. The van der Waals surface area contributed by atoms with Gasteiger partial charge in [0.05, 0.1) is 18.0 Å². The SMILES string of the molecule is COc1ccccc1[C@@H](C)NC(=O)[C@H](Cc1ccccc1)NS(=O)(=O)c1ccc(Cl)cc1. The maximum absolute atomic E-state index is 13.2. The molecule has 0 radical (unpaired) electrons. The van der Waals surface area contributed by atoms with Crippen LogP contribution >= 0.6 is 11.6 Å². The summed E-state index contributed by atoms with van der Waals surface area (Å²) in [6.45, 7) is 1.82. The average molecular weight is 473 g/mol. The van der Waals surface area contributed by atoms with Crippen molar-refractivity contribution in [1.82, 2.24) is 10.0 Å². The summed E-state index contributed by atoms with van der Waals surface area (Å²) >= 11 is 5.88. The zero-order chi connectivity index (χ0) is 23.1. The molecule has 3 rings (SSSR count). The highest BCUT2D eigenvalue weighted by Gasteiger charge is 2.27. The van der Waals surface area contributed by atoms with Crippen molar-refractivity contribution in [3.05, 3.63) is 95.0 Å². The number of carbonyl (C=O) groups is 1. The van der Waals surface area contributed by atoms with Crippen LogP contribution in [0, 0.1) is 0 Å². The summed E-state index contributed by atoms with van der Waals surface area (Å²) in [5.74, 6) is 0.200. The molecule has 0 aromatic heterocycles. The molecule has 0 saturated carbocycles. The minimum Gasteiger partial charge on any atom is -0.496 e. The van der Waals surface area contributed by atoms with E-state index in [1.54, 1.807) is 7.11 Å². The largest absolute Gasteiger partial charge is 0.496 e. The van der Waals surface area contributed by atoms with E-state index in [-0.39, 0.29) is 11.3 Å². The molecule has 0 bridgehead atoms. The normalized spacial score (nSPS) is 13.2. The monoisotopic (exact) mass is 472 g/mol. The van der Waals surface area contributed by atoms with Gasteiger partial charge in [0.1, 0.15) is 11.8 Å². The summed E-state index contributed by atoms with van der Waals surface area (Å²) in [4.78, 5) is 13.2. The number of hydrogen-bond acceptors (Lipinski definition) is 4. The van der Waals surface area contributed by atoms with Gasteiger partial charge in [-0.2, -0.15) is 4.72 Å². The third-order valence-corrected chi connectivity index (χ3v) is 6.72. The third kappa shape index (κ3) is 6.09. The summed E-state index contributed by atoms with van der Waals surface area (Å²) in [5, 5.41) is 3.33. The summed E-state index contributed by atoms with van der Waals surface area (Å²) in [6, 6.07) is 21.0. The molecular weight excluding hydrogens is 448 g/mol.